The Morgan fingerprint density at radius 2 is 2.10 bits per heavy atom. The summed E-state index contributed by atoms with van der Waals surface area (Å²) in [7, 11) is 1.85. The molecule has 4 heterocycles. The maximum atomic E-state index is 12.9. The molecule has 0 spiro atoms. The van der Waals surface area contributed by atoms with E-state index in [1.807, 2.05) is 31.1 Å². The molecule has 0 saturated carbocycles. The number of carbonyl (C=O) groups is 1. The minimum Gasteiger partial charge on any atom is -0.329 e. The van der Waals surface area contributed by atoms with Crippen LogP contribution in [-0.2, 0) is 11.8 Å². The first kappa shape index (κ1) is 19.7. The fourth-order valence-electron chi connectivity index (χ4n) is 3.55. The van der Waals surface area contributed by atoms with Gasteiger partial charge in [-0.1, -0.05) is 0 Å². The second-order valence-corrected chi connectivity index (χ2v) is 7.29. The van der Waals surface area contributed by atoms with E-state index in [-0.39, 0.29) is 11.9 Å². The molecular weight excluding hydrogens is 380 g/mol. The number of carbonyl (C=O) groups excluding carboxylic acids is 1. The van der Waals surface area contributed by atoms with Gasteiger partial charge in [0.1, 0.15) is 11.6 Å². The molecule has 1 fully saturated rings. The summed E-state index contributed by atoms with van der Waals surface area (Å²) in [4.78, 5) is 32.4. The number of nitrogens with zero attached hydrogens (tertiary/aromatic N) is 7. The van der Waals surface area contributed by atoms with Crippen LogP contribution in [0, 0.1) is 6.92 Å². The summed E-state index contributed by atoms with van der Waals surface area (Å²) in [5, 5.41) is 7.29. The Labute approximate surface area is 174 Å². The smallest absolute Gasteiger partial charge is 0.247 e. The molecule has 0 aromatic carbocycles. The molecule has 1 aliphatic heterocycles. The van der Waals surface area contributed by atoms with Crippen molar-refractivity contribution in [1.29, 1.82) is 0 Å². The number of aromatic nitrogens is 6. The van der Waals surface area contributed by atoms with Gasteiger partial charge in [0.05, 0.1) is 18.4 Å². The van der Waals surface area contributed by atoms with Crippen molar-refractivity contribution in [1.82, 2.24) is 34.6 Å². The van der Waals surface area contributed by atoms with E-state index < -0.39 is 0 Å². The van der Waals surface area contributed by atoms with Gasteiger partial charge in [-0.15, -0.1) is 0 Å². The van der Waals surface area contributed by atoms with Gasteiger partial charge in [0.2, 0.25) is 5.91 Å². The van der Waals surface area contributed by atoms with Crippen molar-refractivity contribution in [3.05, 3.63) is 60.2 Å². The van der Waals surface area contributed by atoms with E-state index in [1.54, 1.807) is 41.6 Å². The predicted molar refractivity (Wildman–Crippen MR) is 113 cm³/mol. The van der Waals surface area contributed by atoms with Crippen LogP contribution in [0.3, 0.4) is 0 Å². The molecule has 1 amide bonds. The third kappa shape index (κ3) is 4.68. The van der Waals surface area contributed by atoms with Crippen molar-refractivity contribution in [2.24, 2.45) is 7.05 Å². The summed E-state index contributed by atoms with van der Waals surface area (Å²) in [5.74, 6) is 1.85. The lowest BCUT2D eigenvalue weighted by Gasteiger charge is -2.34. The van der Waals surface area contributed by atoms with E-state index in [0.29, 0.717) is 24.0 Å². The normalized spacial score (nSPS) is 16.7. The number of hydrogen-bond donors (Lipinski definition) is 1. The van der Waals surface area contributed by atoms with Crippen molar-refractivity contribution in [3.8, 4) is 0 Å². The molecule has 1 atom stereocenters. The second kappa shape index (κ2) is 8.81. The first-order valence-corrected chi connectivity index (χ1v) is 9.94. The molecule has 1 aliphatic rings. The van der Waals surface area contributed by atoms with Gasteiger partial charge in [-0.3, -0.25) is 14.5 Å². The number of piperidine rings is 1. The minimum absolute atomic E-state index is 0.0444. The summed E-state index contributed by atoms with van der Waals surface area (Å²) >= 11 is 0. The summed E-state index contributed by atoms with van der Waals surface area (Å²) in [6.45, 7) is 2.61. The van der Waals surface area contributed by atoms with Crippen LogP contribution < -0.4 is 5.32 Å². The molecule has 0 bridgehead atoms. The number of nitrogens with one attached hydrogen (secondary N) is 1. The summed E-state index contributed by atoms with van der Waals surface area (Å²) < 4.78 is 1.71. The lowest BCUT2D eigenvalue weighted by atomic mass is 10.0. The van der Waals surface area contributed by atoms with Crippen molar-refractivity contribution >= 4 is 23.6 Å². The average molecular weight is 404 g/mol. The average Bonchev–Trinajstić information content (AvgIpc) is 3.17. The van der Waals surface area contributed by atoms with Crippen LogP contribution in [-0.4, -0.2) is 47.1 Å². The van der Waals surface area contributed by atoms with E-state index in [2.05, 4.69) is 30.4 Å². The van der Waals surface area contributed by atoms with Crippen LogP contribution in [0.25, 0.3) is 6.08 Å². The van der Waals surface area contributed by atoms with Gasteiger partial charge < -0.3 is 10.2 Å². The first-order valence-electron chi connectivity index (χ1n) is 9.94. The highest BCUT2D eigenvalue weighted by molar-refractivity contribution is 5.92. The van der Waals surface area contributed by atoms with Crippen molar-refractivity contribution in [3.63, 3.8) is 0 Å². The molecule has 1 saturated heterocycles. The number of rotatable bonds is 5. The molecule has 9 heteroatoms. The lowest BCUT2D eigenvalue weighted by Crippen LogP contribution is -2.38. The number of hydrogen-bond acceptors (Lipinski definition) is 7. The summed E-state index contributed by atoms with van der Waals surface area (Å²) in [6.07, 6.45) is 14.7. The van der Waals surface area contributed by atoms with Crippen LogP contribution in [0.4, 0.5) is 11.6 Å². The molecule has 154 valence electrons. The fraction of sp³-hybridized carbons (Fsp3) is 0.333. The van der Waals surface area contributed by atoms with Gasteiger partial charge in [-0.05, 0) is 32.3 Å². The zero-order chi connectivity index (χ0) is 20.9. The molecule has 3 aromatic rings. The van der Waals surface area contributed by atoms with Gasteiger partial charge in [0.25, 0.3) is 0 Å². The van der Waals surface area contributed by atoms with E-state index in [9.17, 15) is 4.79 Å². The van der Waals surface area contributed by atoms with Crippen LogP contribution >= 0.6 is 0 Å². The Kier molecular flexibility index (Phi) is 5.78. The highest BCUT2D eigenvalue weighted by Gasteiger charge is 2.29. The zero-order valence-electron chi connectivity index (χ0n) is 17.1. The highest BCUT2D eigenvalue weighted by atomic mass is 16.2. The summed E-state index contributed by atoms with van der Waals surface area (Å²) in [5.41, 5.74) is 1.72. The molecular formula is C21H24N8O. The quantitative estimate of drug-likeness (QED) is 0.652. The van der Waals surface area contributed by atoms with Gasteiger partial charge in [-0.25, -0.2) is 15.0 Å². The third-order valence-electron chi connectivity index (χ3n) is 4.92. The zero-order valence-corrected chi connectivity index (χ0v) is 17.1. The monoisotopic (exact) mass is 404 g/mol. The van der Waals surface area contributed by atoms with E-state index in [1.165, 1.54) is 0 Å². The third-order valence-corrected chi connectivity index (χ3v) is 4.92. The second-order valence-electron chi connectivity index (χ2n) is 7.29. The Hall–Kier alpha value is -3.62. The van der Waals surface area contributed by atoms with Crippen molar-refractivity contribution in [2.45, 2.75) is 32.2 Å². The molecule has 9 nitrogen and oxygen atoms in total. The molecule has 1 unspecified atom stereocenters. The molecule has 0 aliphatic carbocycles. The molecule has 3 aromatic heterocycles. The van der Waals surface area contributed by atoms with Gasteiger partial charge in [-0.2, -0.15) is 5.10 Å². The predicted octanol–water partition coefficient (Wildman–Crippen LogP) is 2.82. The maximum absolute atomic E-state index is 12.9. The molecule has 1 N–H and O–H groups in total. The molecule has 0 radical (unpaired) electrons. The van der Waals surface area contributed by atoms with Gasteiger partial charge >= 0.3 is 0 Å². The Morgan fingerprint density at radius 3 is 2.87 bits per heavy atom. The SMILES string of the molecule is Cc1cc(Nc2cnccn2)nc(C2CCCCN2C(=O)/C=C/c2cnn(C)c2)n1. The number of likely N-dealkylation sites (tertiary alicyclic amines) is 1. The highest BCUT2D eigenvalue weighted by Crippen LogP contribution is 2.30. The first-order chi connectivity index (χ1) is 14.6. The van der Waals surface area contributed by atoms with Crippen molar-refractivity contribution < 1.29 is 4.79 Å². The standard InChI is InChI=1S/C21H24N8O/c1-15-11-18(26-19-13-22-8-9-23-19)27-21(25-15)17-5-3-4-10-29(17)20(30)7-6-16-12-24-28(2)14-16/h6-9,11-14,17H,3-5,10H2,1-2H3,(H,23,25,26,27)/b7-6+. The van der Waals surface area contributed by atoms with Crippen LogP contribution in [0.15, 0.2) is 43.1 Å². The Balaban J connectivity index is 1.56. The van der Waals surface area contributed by atoms with E-state index in [4.69, 9.17) is 0 Å². The van der Waals surface area contributed by atoms with Gasteiger partial charge in [0, 0.05) is 55.6 Å². The summed E-state index contributed by atoms with van der Waals surface area (Å²) in [6, 6.07) is 1.70. The Bertz CT molecular complexity index is 1050. The number of amides is 1. The van der Waals surface area contributed by atoms with Crippen LogP contribution in [0.5, 0.6) is 0 Å². The number of anilines is 2. The fourth-order valence-corrected chi connectivity index (χ4v) is 3.55. The number of aryl methyl sites for hydroxylation is 2. The van der Waals surface area contributed by atoms with Crippen LogP contribution in [0.1, 0.15) is 42.4 Å². The maximum Gasteiger partial charge on any atom is 0.247 e. The topological polar surface area (TPSA) is 102 Å². The van der Waals surface area contributed by atoms with E-state index in [0.717, 1.165) is 30.5 Å². The lowest BCUT2D eigenvalue weighted by molar-refractivity contribution is -0.129. The van der Waals surface area contributed by atoms with Crippen LogP contribution in [0.2, 0.25) is 0 Å². The minimum atomic E-state index is -0.160. The van der Waals surface area contributed by atoms with Gasteiger partial charge in [0.15, 0.2) is 5.82 Å². The largest absolute Gasteiger partial charge is 0.329 e. The molecule has 30 heavy (non-hydrogen) atoms. The van der Waals surface area contributed by atoms with E-state index >= 15 is 0 Å². The molecule has 4 rings (SSSR count). The Morgan fingerprint density at radius 1 is 1.20 bits per heavy atom. The van der Waals surface area contributed by atoms with Crippen molar-refractivity contribution in [2.75, 3.05) is 11.9 Å².